The zero-order chi connectivity index (χ0) is 19.4. The maximum Gasteiger partial charge on any atom is 0.334 e. The Morgan fingerprint density at radius 3 is 2.78 bits per heavy atom. The fourth-order valence-corrected chi connectivity index (χ4v) is 7.07. The lowest BCUT2D eigenvalue weighted by molar-refractivity contribution is -0.154. The molecule has 4 aliphatic rings. The molecule has 4 fully saturated rings. The van der Waals surface area contributed by atoms with Crippen LogP contribution in [0.2, 0.25) is 0 Å². The van der Waals surface area contributed by atoms with Gasteiger partial charge in [-0.2, -0.15) is 4.21 Å². The van der Waals surface area contributed by atoms with Crippen LogP contribution >= 0.6 is 0 Å². The minimum absolute atomic E-state index is 0.0136. The molecule has 0 aromatic rings. The fourth-order valence-electron chi connectivity index (χ4n) is 6.16. The van der Waals surface area contributed by atoms with Gasteiger partial charge >= 0.3 is 17.3 Å². The van der Waals surface area contributed by atoms with Gasteiger partial charge in [-0.3, -0.25) is 8.37 Å². The highest BCUT2D eigenvalue weighted by atomic mass is 32.2. The molecule has 6 heteroatoms. The minimum Gasteiger partial charge on any atom is -0.462 e. The molecule has 0 spiro atoms. The van der Waals surface area contributed by atoms with Gasteiger partial charge in [-0.15, -0.1) is 0 Å². The van der Waals surface area contributed by atoms with E-state index >= 15 is 0 Å². The number of cyclic esters (lactones) is 1. The summed E-state index contributed by atoms with van der Waals surface area (Å²) in [5.74, 6) is 0.747. The van der Waals surface area contributed by atoms with Gasteiger partial charge in [0, 0.05) is 16.9 Å². The third-order valence-electron chi connectivity index (χ3n) is 7.78. The number of rotatable bonds is 2. The van der Waals surface area contributed by atoms with Crippen molar-refractivity contribution in [3.8, 4) is 0 Å². The Kier molecular flexibility index (Phi) is 4.88. The summed E-state index contributed by atoms with van der Waals surface area (Å²) in [6.07, 6.45) is 6.86. The Morgan fingerprint density at radius 2 is 2.07 bits per heavy atom. The number of carbonyl (C=O) groups is 1. The summed E-state index contributed by atoms with van der Waals surface area (Å²) in [7, 11) is 0. The van der Waals surface area contributed by atoms with Crippen molar-refractivity contribution in [2.75, 3.05) is 13.2 Å². The lowest BCUT2D eigenvalue weighted by Crippen LogP contribution is -2.60. The molecule has 5 nitrogen and oxygen atoms in total. The first kappa shape index (κ1) is 19.3. The predicted octanol–water partition coefficient (Wildman–Crippen LogP) is 3.88. The summed E-state index contributed by atoms with van der Waals surface area (Å²) >= 11 is -1.62. The van der Waals surface area contributed by atoms with Gasteiger partial charge in [0.2, 0.25) is 0 Å². The topological polar surface area (TPSA) is 61.8 Å². The van der Waals surface area contributed by atoms with Gasteiger partial charge in [-0.25, -0.2) is 4.79 Å². The number of hydrogen-bond acceptors (Lipinski definition) is 5. The van der Waals surface area contributed by atoms with Crippen LogP contribution in [0.3, 0.4) is 0 Å². The smallest absolute Gasteiger partial charge is 0.334 e. The number of allylic oxidation sites excluding steroid dienone is 2. The number of ether oxygens (including phenoxy) is 1. The van der Waals surface area contributed by atoms with Crippen LogP contribution in [0.25, 0.3) is 0 Å². The monoisotopic (exact) mass is 394 g/mol. The van der Waals surface area contributed by atoms with E-state index < -0.39 is 11.4 Å². The van der Waals surface area contributed by atoms with E-state index in [-0.39, 0.29) is 28.8 Å². The third-order valence-corrected chi connectivity index (χ3v) is 8.48. The van der Waals surface area contributed by atoms with Crippen LogP contribution in [0.15, 0.2) is 23.8 Å². The molecule has 2 saturated heterocycles. The van der Waals surface area contributed by atoms with Crippen molar-refractivity contribution in [1.82, 2.24) is 0 Å². The molecular formula is C21H30O5S. The summed E-state index contributed by atoms with van der Waals surface area (Å²) in [6.45, 7) is 12.0. The maximum absolute atomic E-state index is 12.0. The molecular weight excluding hydrogens is 364 g/mol. The molecule has 7 atom stereocenters. The molecule has 0 aromatic heterocycles. The van der Waals surface area contributed by atoms with Crippen LogP contribution in [0.4, 0.5) is 0 Å². The Bertz CT molecular complexity index is 715. The average Bonchev–Trinajstić information content (AvgIpc) is 2.93. The van der Waals surface area contributed by atoms with Gasteiger partial charge < -0.3 is 4.74 Å². The van der Waals surface area contributed by atoms with Gasteiger partial charge in [-0.1, -0.05) is 39.0 Å². The predicted molar refractivity (Wildman–Crippen MR) is 103 cm³/mol. The van der Waals surface area contributed by atoms with E-state index in [0.717, 1.165) is 37.7 Å². The largest absolute Gasteiger partial charge is 0.462 e. The Labute approximate surface area is 164 Å². The Hall–Kier alpha value is -0.980. The molecule has 2 unspecified atom stereocenters. The highest BCUT2D eigenvalue weighted by molar-refractivity contribution is 7.75. The van der Waals surface area contributed by atoms with Crippen molar-refractivity contribution in [2.24, 2.45) is 28.6 Å². The number of hydrogen-bond donors (Lipinski definition) is 0. The number of carbonyl (C=O) groups excluding carboxylic acids is 1. The van der Waals surface area contributed by atoms with E-state index in [1.165, 1.54) is 5.57 Å². The molecule has 2 aliphatic heterocycles. The summed E-state index contributed by atoms with van der Waals surface area (Å²) in [5, 5.41) is 0. The summed E-state index contributed by atoms with van der Waals surface area (Å²) in [6, 6.07) is 0. The standard InChI is InChI=1S/C21H30O5S/c1-13-5-8-17-20(3,10-9-18-21(17,4)12-25-27(23)26-18)16(13)7-6-15-14(2)11-24-19(15)22/h6,14,16-18H,1,5,7-12H2,2-4H3/b15-6+/t14-,16-,17+,18?,20+,21+,27?/m1/s1. The summed E-state index contributed by atoms with van der Waals surface area (Å²) < 4.78 is 28.0. The molecule has 2 saturated carbocycles. The summed E-state index contributed by atoms with van der Waals surface area (Å²) in [5.41, 5.74) is 2.04. The Morgan fingerprint density at radius 1 is 1.30 bits per heavy atom. The second-order valence-electron chi connectivity index (χ2n) is 9.30. The van der Waals surface area contributed by atoms with Crippen molar-refractivity contribution in [2.45, 2.75) is 59.0 Å². The third kappa shape index (κ3) is 3.04. The van der Waals surface area contributed by atoms with Crippen LogP contribution in [0, 0.1) is 28.6 Å². The highest BCUT2D eigenvalue weighted by Crippen LogP contribution is 2.63. The second kappa shape index (κ2) is 6.82. The van der Waals surface area contributed by atoms with Crippen LogP contribution in [0.5, 0.6) is 0 Å². The molecule has 0 amide bonds. The molecule has 0 radical (unpaired) electrons. The normalized spacial score (nSPS) is 48.9. The molecule has 2 heterocycles. The van der Waals surface area contributed by atoms with Gasteiger partial charge in [0.1, 0.15) is 0 Å². The van der Waals surface area contributed by atoms with Gasteiger partial charge in [0.05, 0.1) is 19.3 Å². The zero-order valence-electron chi connectivity index (χ0n) is 16.5. The van der Waals surface area contributed by atoms with Crippen molar-refractivity contribution in [3.05, 3.63) is 23.8 Å². The number of esters is 1. The maximum atomic E-state index is 12.0. The lowest BCUT2D eigenvalue weighted by Gasteiger charge is -2.61. The van der Waals surface area contributed by atoms with Crippen molar-refractivity contribution >= 4 is 17.3 Å². The van der Waals surface area contributed by atoms with E-state index in [0.29, 0.717) is 25.0 Å². The van der Waals surface area contributed by atoms with Crippen LogP contribution in [-0.4, -0.2) is 29.5 Å². The van der Waals surface area contributed by atoms with Crippen LogP contribution in [0.1, 0.15) is 52.9 Å². The molecule has 150 valence electrons. The average molecular weight is 395 g/mol. The molecule has 27 heavy (non-hydrogen) atoms. The first-order chi connectivity index (χ1) is 12.8. The van der Waals surface area contributed by atoms with Crippen molar-refractivity contribution in [1.29, 1.82) is 0 Å². The lowest BCUT2D eigenvalue weighted by atomic mass is 9.46. The zero-order valence-corrected chi connectivity index (χ0v) is 17.3. The van der Waals surface area contributed by atoms with E-state index in [1.54, 1.807) is 0 Å². The molecule has 0 aromatic carbocycles. The van der Waals surface area contributed by atoms with E-state index in [1.807, 2.05) is 6.92 Å². The minimum atomic E-state index is -1.62. The molecule has 0 bridgehead atoms. The van der Waals surface area contributed by atoms with Gasteiger partial charge in [-0.05, 0) is 49.4 Å². The Balaban J connectivity index is 1.62. The fraction of sp³-hybridized carbons (Fsp3) is 0.762. The summed E-state index contributed by atoms with van der Waals surface area (Å²) in [4.78, 5) is 12.0. The molecule has 2 aliphatic carbocycles. The van der Waals surface area contributed by atoms with Crippen LogP contribution < -0.4 is 0 Å². The van der Waals surface area contributed by atoms with Gasteiger partial charge in [0.15, 0.2) is 0 Å². The van der Waals surface area contributed by atoms with Gasteiger partial charge in [0.25, 0.3) is 0 Å². The van der Waals surface area contributed by atoms with E-state index in [9.17, 15) is 9.00 Å². The van der Waals surface area contributed by atoms with E-state index in [4.69, 9.17) is 13.1 Å². The SMILES string of the molecule is C=C1CC[C@H]2[C@@](C)(CCC3OS(=O)OC[C@]32C)[C@@H]1C/C=C1/C(=O)OC[C@H]1C. The number of fused-ring (bicyclic) bond motifs is 3. The molecule has 0 N–H and O–H groups in total. The van der Waals surface area contributed by atoms with Crippen molar-refractivity contribution in [3.63, 3.8) is 0 Å². The first-order valence-corrected chi connectivity index (χ1v) is 11.0. The first-order valence-electron chi connectivity index (χ1n) is 10.0. The quantitative estimate of drug-likeness (QED) is 0.404. The molecule has 4 rings (SSSR count). The van der Waals surface area contributed by atoms with Crippen molar-refractivity contribution < 1.29 is 22.1 Å². The van der Waals surface area contributed by atoms with Crippen LogP contribution in [-0.2, 0) is 29.3 Å². The van der Waals surface area contributed by atoms with E-state index in [2.05, 4.69) is 26.5 Å². The highest BCUT2D eigenvalue weighted by Gasteiger charge is 2.60. The second-order valence-corrected chi connectivity index (χ2v) is 10.1.